The molecule has 3 rings (SSSR count). The molecule has 0 aliphatic heterocycles. The molecule has 0 saturated carbocycles. The SMILES string of the molecule is Cc1nn(-c2ccccc2)c(C)c1CC(=O)NCc1ccc(CS(=O)(=O)NC(C)C)cc1. The van der Waals surface area contributed by atoms with Crippen molar-refractivity contribution in [3.05, 3.63) is 82.7 Å². The summed E-state index contributed by atoms with van der Waals surface area (Å²) in [5, 5.41) is 7.53. The van der Waals surface area contributed by atoms with E-state index >= 15 is 0 Å². The monoisotopic (exact) mass is 454 g/mol. The number of para-hydroxylation sites is 1. The number of aryl methyl sites for hydroxylation is 1. The zero-order valence-electron chi connectivity index (χ0n) is 18.9. The Labute approximate surface area is 189 Å². The average molecular weight is 455 g/mol. The minimum Gasteiger partial charge on any atom is -0.352 e. The van der Waals surface area contributed by atoms with E-state index in [1.54, 1.807) is 26.0 Å². The number of carbonyl (C=O) groups excluding carboxylic acids is 1. The van der Waals surface area contributed by atoms with Crippen LogP contribution >= 0.6 is 0 Å². The van der Waals surface area contributed by atoms with Gasteiger partial charge < -0.3 is 5.32 Å². The number of hydrogen-bond donors (Lipinski definition) is 2. The van der Waals surface area contributed by atoms with Gasteiger partial charge in [0.2, 0.25) is 15.9 Å². The third-order valence-electron chi connectivity index (χ3n) is 5.06. The van der Waals surface area contributed by atoms with Gasteiger partial charge in [-0.2, -0.15) is 5.10 Å². The van der Waals surface area contributed by atoms with Crippen molar-refractivity contribution in [3.8, 4) is 5.69 Å². The molecular formula is C24H30N4O3S. The number of amides is 1. The summed E-state index contributed by atoms with van der Waals surface area (Å²) in [5.74, 6) is -0.154. The highest BCUT2D eigenvalue weighted by molar-refractivity contribution is 7.88. The average Bonchev–Trinajstić information content (AvgIpc) is 3.01. The van der Waals surface area contributed by atoms with Crippen LogP contribution in [0.2, 0.25) is 0 Å². The molecule has 7 nitrogen and oxygen atoms in total. The molecule has 0 radical (unpaired) electrons. The van der Waals surface area contributed by atoms with E-state index in [4.69, 9.17) is 0 Å². The van der Waals surface area contributed by atoms with Crippen LogP contribution in [0, 0.1) is 13.8 Å². The molecule has 32 heavy (non-hydrogen) atoms. The smallest absolute Gasteiger partial charge is 0.224 e. The van der Waals surface area contributed by atoms with Gasteiger partial charge in [-0.3, -0.25) is 4.79 Å². The van der Waals surface area contributed by atoms with Crippen molar-refractivity contribution in [1.29, 1.82) is 0 Å². The largest absolute Gasteiger partial charge is 0.352 e. The van der Waals surface area contributed by atoms with E-state index in [0.29, 0.717) is 12.1 Å². The molecule has 0 bridgehead atoms. The molecule has 1 heterocycles. The molecule has 1 amide bonds. The fraction of sp³-hybridized carbons (Fsp3) is 0.333. The summed E-state index contributed by atoms with van der Waals surface area (Å²) in [6.07, 6.45) is 0.252. The zero-order valence-corrected chi connectivity index (χ0v) is 19.7. The Morgan fingerprint density at radius 1 is 1.00 bits per heavy atom. The van der Waals surface area contributed by atoms with Crippen LogP contribution in [0.5, 0.6) is 0 Å². The van der Waals surface area contributed by atoms with Gasteiger partial charge in [0.05, 0.1) is 23.6 Å². The quantitative estimate of drug-likeness (QED) is 0.519. The molecule has 2 N–H and O–H groups in total. The number of nitrogens with zero attached hydrogens (tertiary/aromatic N) is 2. The van der Waals surface area contributed by atoms with E-state index in [1.165, 1.54) is 0 Å². The molecule has 8 heteroatoms. The van der Waals surface area contributed by atoms with Crippen molar-refractivity contribution in [2.45, 2.75) is 52.5 Å². The first kappa shape index (κ1) is 23.7. The first-order valence-corrected chi connectivity index (χ1v) is 12.2. The summed E-state index contributed by atoms with van der Waals surface area (Å²) in [5.41, 5.74) is 5.28. The molecule has 0 spiro atoms. The Hall–Kier alpha value is -2.97. The van der Waals surface area contributed by atoms with Crippen LogP contribution in [0.3, 0.4) is 0 Å². The molecule has 0 fully saturated rings. The Balaban J connectivity index is 1.58. The molecule has 1 aromatic heterocycles. The lowest BCUT2D eigenvalue weighted by molar-refractivity contribution is -0.120. The molecule has 3 aromatic rings. The van der Waals surface area contributed by atoms with Gasteiger partial charge in [0.1, 0.15) is 0 Å². The number of aromatic nitrogens is 2. The lowest BCUT2D eigenvalue weighted by Crippen LogP contribution is -2.31. The minimum atomic E-state index is -3.36. The summed E-state index contributed by atoms with van der Waals surface area (Å²) in [7, 11) is -3.36. The van der Waals surface area contributed by atoms with E-state index in [2.05, 4.69) is 15.1 Å². The zero-order chi connectivity index (χ0) is 23.3. The number of nitrogens with one attached hydrogen (secondary N) is 2. The highest BCUT2D eigenvalue weighted by Crippen LogP contribution is 2.18. The van der Waals surface area contributed by atoms with Crippen LogP contribution < -0.4 is 10.0 Å². The van der Waals surface area contributed by atoms with E-state index < -0.39 is 10.0 Å². The lowest BCUT2D eigenvalue weighted by atomic mass is 10.1. The summed E-state index contributed by atoms with van der Waals surface area (Å²) < 4.78 is 28.5. The molecule has 0 atom stereocenters. The predicted molar refractivity (Wildman–Crippen MR) is 126 cm³/mol. The normalized spacial score (nSPS) is 11.7. The van der Waals surface area contributed by atoms with Crippen molar-refractivity contribution < 1.29 is 13.2 Å². The predicted octanol–water partition coefficient (Wildman–Crippen LogP) is 3.18. The lowest BCUT2D eigenvalue weighted by Gasteiger charge is -2.10. The molecule has 2 aromatic carbocycles. The Morgan fingerprint density at radius 3 is 2.25 bits per heavy atom. The number of benzene rings is 2. The maximum Gasteiger partial charge on any atom is 0.224 e. The van der Waals surface area contributed by atoms with Crippen LogP contribution in [0.1, 0.15) is 41.9 Å². The first-order valence-electron chi connectivity index (χ1n) is 10.6. The Bertz CT molecular complexity index is 1170. The molecule has 0 saturated heterocycles. The van der Waals surface area contributed by atoms with E-state index in [9.17, 15) is 13.2 Å². The second kappa shape index (κ2) is 10.1. The van der Waals surface area contributed by atoms with Crippen molar-refractivity contribution in [3.63, 3.8) is 0 Å². The second-order valence-electron chi connectivity index (χ2n) is 8.20. The van der Waals surface area contributed by atoms with Crippen LogP contribution in [0.25, 0.3) is 5.69 Å². The van der Waals surface area contributed by atoms with Gasteiger partial charge in [0.15, 0.2) is 0 Å². The number of sulfonamides is 1. The maximum absolute atomic E-state index is 12.6. The standard InChI is InChI=1S/C24H30N4O3S/c1-17(2)27-32(30,31)16-21-12-10-20(11-13-21)15-25-24(29)14-23-18(3)26-28(19(23)4)22-8-6-5-7-9-22/h5-13,17,27H,14-16H2,1-4H3,(H,25,29). The number of hydrogen-bond acceptors (Lipinski definition) is 4. The Morgan fingerprint density at radius 2 is 1.62 bits per heavy atom. The topological polar surface area (TPSA) is 93.1 Å². The van der Waals surface area contributed by atoms with E-state index in [-0.39, 0.29) is 24.1 Å². The van der Waals surface area contributed by atoms with Crippen LogP contribution in [0.15, 0.2) is 54.6 Å². The van der Waals surface area contributed by atoms with Gasteiger partial charge in [0, 0.05) is 23.8 Å². The third-order valence-corrected chi connectivity index (χ3v) is 6.61. The van der Waals surface area contributed by atoms with Gasteiger partial charge in [0.25, 0.3) is 0 Å². The van der Waals surface area contributed by atoms with E-state index in [1.807, 2.05) is 61.0 Å². The molecule has 170 valence electrons. The molecule has 0 aliphatic rings. The van der Waals surface area contributed by atoms with Crippen molar-refractivity contribution in [2.24, 2.45) is 0 Å². The van der Waals surface area contributed by atoms with Gasteiger partial charge >= 0.3 is 0 Å². The fourth-order valence-corrected chi connectivity index (χ4v) is 4.98. The van der Waals surface area contributed by atoms with Gasteiger partial charge in [-0.15, -0.1) is 0 Å². The summed E-state index contributed by atoms with van der Waals surface area (Å²) in [4.78, 5) is 12.6. The Kier molecular flexibility index (Phi) is 7.48. The summed E-state index contributed by atoms with van der Waals surface area (Å²) in [6.45, 7) is 7.84. The number of rotatable bonds is 9. The van der Waals surface area contributed by atoms with Crippen molar-refractivity contribution in [1.82, 2.24) is 19.8 Å². The van der Waals surface area contributed by atoms with Crippen molar-refractivity contribution >= 4 is 15.9 Å². The molecular weight excluding hydrogens is 424 g/mol. The molecule has 0 aliphatic carbocycles. The highest BCUT2D eigenvalue weighted by Gasteiger charge is 2.16. The second-order valence-corrected chi connectivity index (χ2v) is 9.95. The van der Waals surface area contributed by atoms with Gasteiger partial charge in [-0.25, -0.2) is 17.8 Å². The fourth-order valence-electron chi connectivity index (χ4n) is 3.55. The summed E-state index contributed by atoms with van der Waals surface area (Å²) in [6, 6.07) is 16.9. The highest BCUT2D eigenvalue weighted by atomic mass is 32.2. The summed E-state index contributed by atoms with van der Waals surface area (Å²) >= 11 is 0. The van der Waals surface area contributed by atoms with Crippen LogP contribution in [-0.4, -0.2) is 30.1 Å². The van der Waals surface area contributed by atoms with Gasteiger partial charge in [-0.05, 0) is 51.0 Å². The molecule has 0 unspecified atom stereocenters. The minimum absolute atomic E-state index is 0.0677. The maximum atomic E-state index is 12.6. The number of carbonyl (C=O) groups is 1. The van der Waals surface area contributed by atoms with Gasteiger partial charge in [-0.1, -0.05) is 42.5 Å². The van der Waals surface area contributed by atoms with Crippen LogP contribution in [-0.2, 0) is 33.5 Å². The van der Waals surface area contributed by atoms with Crippen LogP contribution in [0.4, 0.5) is 0 Å². The third kappa shape index (κ3) is 6.27. The van der Waals surface area contributed by atoms with E-state index in [0.717, 1.165) is 28.2 Å². The van der Waals surface area contributed by atoms with Crippen molar-refractivity contribution in [2.75, 3.05) is 0 Å². The first-order chi connectivity index (χ1) is 15.1.